The van der Waals surface area contributed by atoms with Crippen LogP contribution in [0.25, 0.3) is 11.0 Å². The largest absolute Gasteiger partial charge is 0.497 e. The summed E-state index contributed by atoms with van der Waals surface area (Å²) in [5.74, 6) is 2.20. The van der Waals surface area contributed by atoms with Crippen molar-refractivity contribution in [2.75, 3.05) is 30.2 Å². The monoisotopic (exact) mass is 740 g/mol. The molecule has 0 bridgehead atoms. The Hall–Kier alpha value is -4.06. The van der Waals surface area contributed by atoms with E-state index in [-0.39, 0.29) is 29.3 Å². The molecule has 11 heteroatoms. The van der Waals surface area contributed by atoms with Gasteiger partial charge < -0.3 is 44.2 Å². The molecule has 1 aliphatic carbocycles. The van der Waals surface area contributed by atoms with Gasteiger partial charge in [0.05, 0.1) is 37.1 Å². The van der Waals surface area contributed by atoms with Crippen molar-refractivity contribution in [2.45, 2.75) is 141 Å². The lowest BCUT2D eigenvalue weighted by atomic mass is 9.74. The van der Waals surface area contributed by atoms with Gasteiger partial charge in [0.1, 0.15) is 41.5 Å². The van der Waals surface area contributed by atoms with Gasteiger partial charge in [0.15, 0.2) is 12.0 Å². The highest BCUT2D eigenvalue weighted by atomic mass is 16.8. The van der Waals surface area contributed by atoms with Crippen LogP contribution in [0.1, 0.15) is 105 Å². The lowest BCUT2D eigenvalue weighted by Gasteiger charge is -2.53. The summed E-state index contributed by atoms with van der Waals surface area (Å²) in [5.41, 5.74) is 11.6. The Morgan fingerprint density at radius 1 is 0.981 bits per heavy atom. The molecule has 0 unspecified atom stereocenters. The fraction of sp³-hybridized carbons (Fsp3) is 0.581. The van der Waals surface area contributed by atoms with E-state index in [1.807, 2.05) is 44.3 Å². The number of aromatic nitrogens is 3. The fourth-order valence-electron chi connectivity index (χ4n) is 8.94. The number of benzene rings is 2. The van der Waals surface area contributed by atoms with Crippen molar-refractivity contribution < 1.29 is 23.7 Å². The van der Waals surface area contributed by atoms with E-state index in [2.05, 4.69) is 79.5 Å². The van der Waals surface area contributed by atoms with Crippen LogP contribution in [0.4, 0.5) is 17.2 Å². The molecule has 3 N–H and O–H groups in total. The maximum atomic E-state index is 7.05. The summed E-state index contributed by atoms with van der Waals surface area (Å²) in [4.78, 5) is 12.0. The van der Waals surface area contributed by atoms with Crippen LogP contribution < -0.4 is 25.4 Å². The molecule has 4 atom stereocenters. The molecule has 292 valence electrons. The van der Waals surface area contributed by atoms with Crippen molar-refractivity contribution in [3.8, 4) is 11.5 Å². The molecule has 2 aromatic carbocycles. The molecule has 1 saturated carbocycles. The maximum Gasteiger partial charge on any atom is 0.164 e. The molecule has 0 radical (unpaired) electrons. The second-order valence-electron chi connectivity index (χ2n) is 17.5. The second kappa shape index (κ2) is 14.5. The van der Waals surface area contributed by atoms with Crippen LogP contribution in [0, 0.1) is 5.92 Å². The van der Waals surface area contributed by atoms with E-state index < -0.39 is 12.0 Å². The van der Waals surface area contributed by atoms with E-state index in [0.29, 0.717) is 12.6 Å². The minimum atomic E-state index is -0.754. The first-order valence-electron chi connectivity index (χ1n) is 19.6. The molecule has 4 aromatic rings. The number of nitrogen functional groups attached to an aromatic ring is 1. The average Bonchev–Trinajstić information content (AvgIpc) is 3.77. The van der Waals surface area contributed by atoms with Gasteiger partial charge in [0.2, 0.25) is 0 Å². The van der Waals surface area contributed by atoms with Crippen molar-refractivity contribution in [2.24, 2.45) is 5.92 Å². The van der Waals surface area contributed by atoms with Crippen LogP contribution in [0.3, 0.4) is 0 Å². The Kier molecular flexibility index (Phi) is 10.3. The standard InChI is InChI=1S/C43H60N6O5/c1-11-12-26-19-29(20-26)49(33-16-14-28(21-32(33)44)41(2,3)4)42(5,6)23-35-36-37(54-43(7,8)53-36)40(52-35)48-18-17-31-38(46-25-47-39(31)48)45-24-27-13-15-30(50-9)22-34(27)51-10/h13-18,21-22,25-26,29,35-37,40H,11-12,19-20,23-24,44H2,1-10H3,(H,45,46,47)/t26?,29?,35-,36-,37-,40-/m1/s1. The number of hydrogen-bond donors (Lipinski definition) is 2. The Morgan fingerprint density at radius 2 is 1.74 bits per heavy atom. The van der Waals surface area contributed by atoms with Crippen LogP contribution in [0.2, 0.25) is 0 Å². The second-order valence-corrected chi connectivity index (χ2v) is 17.5. The maximum absolute atomic E-state index is 7.05. The van der Waals surface area contributed by atoms with E-state index in [1.165, 1.54) is 31.2 Å². The Labute approximate surface area is 320 Å². The summed E-state index contributed by atoms with van der Waals surface area (Å²) < 4.78 is 33.4. The summed E-state index contributed by atoms with van der Waals surface area (Å²) in [6.07, 6.45) is 7.89. The zero-order valence-corrected chi connectivity index (χ0v) is 33.8. The lowest BCUT2D eigenvalue weighted by molar-refractivity contribution is -0.198. The summed E-state index contributed by atoms with van der Waals surface area (Å²) in [7, 11) is 3.31. The number of methoxy groups -OCH3 is 2. The predicted molar refractivity (Wildman–Crippen MR) is 214 cm³/mol. The van der Waals surface area contributed by atoms with Crippen molar-refractivity contribution in [3.05, 3.63) is 66.1 Å². The Morgan fingerprint density at radius 3 is 2.43 bits per heavy atom. The SMILES string of the molecule is CCCC1CC(N(c2ccc(C(C)(C)C)cc2N)C(C)(C)C[C@H]2O[C@@H](n3ccc4c(NCc5ccc(OC)cc5OC)ncnc43)[C@@H]3OC(C)(C)O[C@@H]32)C1. The Balaban J connectivity index is 1.16. The number of anilines is 3. The number of rotatable bonds is 13. The fourth-order valence-corrected chi connectivity index (χ4v) is 8.94. The van der Waals surface area contributed by atoms with Crippen LogP contribution in [-0.2, 0) is 26.2 Å². The summed E-state index contributed by atoms with van der Waals surface area (Å²) >= 11 is 0. The first-order chi connectivity index (χ1) is 25.6. The normalized spacial score (nSPS) is 25.0. The van der Waals surface area contributed by atoms with Crippen LogP contribution in [0.5, 0.6) is 11.5 Å². The number of ether oxygens (including phenoxy) is 5. The third-order valence-electron chi connectivity index (χ3n) is 11.6. The summed E-state index contributed by atoms with van der Waals surface area (Å²) in [6.45, 7) is 18.1. The molecule has 54 heavy (non-hydrogen) atoms. The van der Waals surface area contributed by atoms with Crippen LogP contribution in [-0.4, -0.2) is 64.4 Å². The van der Waals surface area contributed by atoms with Gasteiger partial charge in [-0.1, -0.05) is 46.6 Å². The van der Waals surface area contributed by atoms with E-state index >= 15 is 0 Å². The predicted octanol–water partition coefficient (Wildman–Crippen LogP) is 8.61. The summed E-state index contributed by atoms with van der Waals surface area (Å²) in [5, 5.41) is 4.39. The first kappa shape index (κ1) is 38.2. The molecule has 0 spiro atoms. The molecule has 2 saturated heterocycles. The molecule has 7 rings (SSSR count). The average molecular weight is 741 g/mol. The van der Waals surface area contributed by atoms with Gasteiger partial charge in [0, 0.05) is 36.0 Å². The zero-order valence-electron chi connectivity index (χ0n) is 33.8. The highest BCUT2D eigenvalue weighted by molar-refractivity contribution is 5.87. The van der Waals surface area contributed by atoms with E-state index in [9.17, 15) is 0 Å². The molecule has 3 fully saturated rings. The Bertz CT molecular complexity index is 1950. The highest BCUT2D eigenvalue weighted by Gasteiger charge is 2.57. The minimum Gasteiger partial charge on any atom is -0.497 e. The summed E-state index contributed by atoms with van der Waals surface area (Å²) in [6, 6.07) is 14.9. The molecule has 2 aliphatic heterocycles. The number of nitrogens with two attached hydrogens (primary N) is 1. The molecule has 2 aromatic heterocycles. The molecule has 3 aliphatic rings. The van der Waals surface area contributed by atoms with E-state index in [4.69, 9.17) is 34.4 Å². The lowest BCUT2D eigenvalue weighted by Crippen LogP contribution is -2.57. The molecular formula is C43H60N6O5. The van der Waals surface area contributed by atoms with Gasteiger partial charge in [-0.05, 0) is 94.2 Å². The van der Waals surface area contributed by atoms with Crippen molar-refractivity contribution in [1.29, 1.82) is 0 Å². The van der Waals surface area contributed by atoms with Gasteiger partial charge in [-0.3, -0.25) is 0 Å². The quantitative estimate of drug-likeness (QED) is 0.129. The van der Waals surface area contributed by atoms with E-state index in [1.54, 1.807) is 20.5 Å². The molecule has 0 amide bonds. The first-order valence-corrected chi connectivity index (χ1v) is 19.6. The number of fused-ring (bicyclic) bond motifs is 2. The zero-order chi connectivity index (χ0) is 38.6. The number of nitrogens with zero attached hydrogens (tertiary/aromatic N) is 4. The van der Waals surface area contributed by atoms with Crippen molar-refractivity contribution in [1.82, 2.24) is 14.5 Å². The molecular weight excluding hydrogens is 681 g/mol. The van der Waals surface area contributed by atoms with Gasteiger partial charge in [-0.25, -0.2) is 9.97 Å². The van der Waals surface area contributed by atoms with Crippen LogP contribution in [0.15, 0.2) is 55.0 Å². The minimum absolute atomic E-state index is 0.0124. The van der Waals surface area contributed by atoms with Gasteiger partial charge >= 0.3 is 0 Å². The molecule has 11 nitrogen and oxygen atoms in total. The smallest absolute Gasteiger partial charge is 0.164 e. The van der Waals surface area contributed by atoms with Gasteiger partial charge in [-0.2, -0.15) is 0 Å². The number of hydrogen-bond acceptors (Lipinski definition) is 10. The van der Waals surface area contributed by atoms with E-state index in [0.717, 1.165) is 57.6 Å². The highest BCUT2D eigenvalue weighted by Crippen LogP contribution is 2.49. The van der Waals surface area contributed by atoms with Gasteiger partial charge in [0.25, 0.3) is 0 Å². The van der Waals surface area contributed by atoms with Crippen molar-refractivity contribution in [3.63, 3.8) is 0 Å². The third kappa shape index (κ3) is 7.34. The third-order valence-corrected chi connectivity index (χ3v) is 11.6. The van der Waals surface area contributed by atoms with Gasteiger partial charge in [-0.15, -0.1) is 0 Å². The molecule has 4 heterocycles. The number of nitrogens with one attached hydrogen (secondary N) is 1. The van der Waals surface area contributed by atoms with Crippen molar-refractivity contribution >= 4 is 28.2 Å². The van der Waals surface area contributed by atoms with Crippen LogP contribution >= 0.6 is 0 Å². The topological polar surface area (TPSA) is 118 Å².